The van der Waals surface area contributed by atoms with Crippen LogP contribution in [-0.2, 0) is 21.6 Å². The van der Waals surface area contributed by atoms with Crippen LogP contribution in [0.15, 0.2) is 29.4 Å². The van der Waals surface area contributed by atoms with Crippen LogP contribution in [0, 0.1) is 0 Å². The molecule has 26 heavy (non-hydrogen) atoms. The Hall–Kier alpha value is -2.67. The van der Waals surface area contributed by atoms with Gasteiger partial charge in [-0.15, -0.1) is 0 Å². The van der Waals surface area contributed by atoms with Gasteiger partial charge in [0.1, 0.15) is 12.3 Å². The number of likely N-dealkylation sites (N-methyl/N-ethyl adjacent to an activating group) is 1. The number of aromatic amines is 1. The average Bonchev–Trinajstić information content (AvgIpc) is 3.03. The fraction of sp³-hybridized carbons (Fsp3) is 0.286. The van der Waals surface area contributed by atoms with E-state index in [0.717, 1.165) is 22.9 Å². The summed E-state index contributed by atoms with van der Waals surface area (Å²) in [5.74, 6) is 0.474. The molecule has 2 heterocycles. The number of nitrogens with zero attached hydrogens (tertiary/aromatic N) is 2. The maximum atomic E-state index is 10.4. The molecule has 1 aliphatic heterocycles. The number of nitrogens with two attached hydrogens (primary N) is 2. The minimum absolute atomic E-state index is 0.162. The number of H-pyrrole nitrogens is 1. The molecule has 0 fully saturated rings. The Morgan fingerprint density at radius 2 is 1.96 bits per heavy atom. The zero-order chi connectivity index (χ0) is 19.9. The monoisotopic (exact) mass is 387 g/mol. The SMILES string of the molecule is CN1CC(=O)N=C1N.NCCc1c[nH]c2cccc(O)c12.O=S(=O)(O)O. The van der Waals surface area contributed by atoms with Crippen molar-refractivity contribution >= 4 is 33.2 Å². The molecule has 1 amide bonds. The molecular formula is C14H21N5O6S. The minimum atomic E-state index is -4.67. The van der Waals surface area contributed by atoms with Gasteiger partial charge >= 0.3 is 10.4 Å². The first-order valence-electron chi connectivity index (χ1n) is 7.29. The average molecular weight is 387 g/mol. The van der Waals surface area contributed by atoms with Gasteiger partial charge in [0.2, 0.25) is 0 Å². The van der Waals surface area contributed by atoms with E-state index in [1.54, 1.807) is 18.0 Å². The molecule has 0 aliphatic carbocycles. The summed E-state index contributed by atoms with van der Waals surface area (Å²) in [5.41, 5.74) is 12.7. The van der Waals surface area contributed by atoms with Gasteiger partial charge in [0.05, 0.1) is 0 Å². The van der Waals surface area contributed by atoms with Gasteiger partial charge in [-0.2, -0.15) is 13.4 Å². The van der Waals surface area contributed by atoms with Gasteiger partial charge in [0.25, 0.3) is 5.91 Å². The Balaban J connectivity index is 0.000000223. The molecule has 1 aromatic heterocycles. The highest BCUT2D eigenvalue weighted by molar-refractivity contribution is 7.79. The number of carbonyl (C=O) groups excluding carboxylic acids is 1. The van der Waals surface area contributed by atoms with Gasteiger partial charge < -0.3 is 26.5 Å². The summed E-state index contributed by atoms with van der Waals surface area (Å²) in [6, 6.07) is 5.45. The van der Waals surface area contributed by atoms with E-state index in [1.807, 2.05) is 18.3 Å². The minimum Gasteiger partial charge on any atom is -0.507 e. The second kappa shape index (κ2) is 9.15. The zero-order valence-electron chi connectivity index (χ0n) is 14.0. The fourth-order valence-electron chi connectivity index (χ4n) is 2.12. The van der Waals surface area contributed by atoms with E-state index in [1.165, 1.54) is 0 Å². The molecule has 1 aromatic carbocycles. The van der Waals surface area contributed by atoms with Crippen LogP contribution < -0.4 is 11.5 Å². The lowest BCUT2D eigenvalue weighted by Gasteiger charge is -2.05. The molecule has 11 nitrogen and oxygen atoms in total. The maximum Gasteiger partial charge on any atom is 0.394 e. The first-order valence-corrected chi connectivity index (χ1v) is 8.68. The highest BCUT2D eigenvalue weighted by Crippen LogP contribution is 2.27. The molecule has 0 spiro atoms. The van der Waals surface area contributed by atoms with Crippen LogP contribution in [0.5, 0.6) is 5.75 Å². The lowest BCUT2D eigenvalue weighted by molar-refractivity contribution is -0.116. The van der Waals surface area contributed by atoms with Crippen LogP contribution in [0.1, 0.15) is 5.56 Å². The predicted octanol–water partition coefficient (Wildman–Crippen LogP) is -0.505. The first-order chi connectivity index (χ1) is 12.0. The highest BCUT2D eigenvalue weighted by atomic mass is 32.3. The number of hydrogen-bond acceptors (Lipinski definition) is 7. The molecule has 0 saturated carbocycles. The molecule has 1 aliphatic rings. The first kappa shape index (κ1) is 21.4. The number of carbonyl (C=O) groups is 1. The molecular weight excluding hydrogens is 366 g/mol. The van der Waals surface area contributed by atoms with Crippen molar-refractivity contribution in [1.82, 2.24) is 9.88 Å². The number of fused-ring (bicyclic) bond motifs is 1. The number of rotatable bonds is 2. The second-order valence-electron chi connectivity index (χ2n) is 5.22. The zero-order valence-corrected chi connectivity index (χ0v) is 14.8. The lowest BCUT2D eigenvalue weighted by atomic mass is 10.1. The molecule has 3 rings (SSSR count). The van der Waals surface area contributed by atoms with Crippen molar-refractivity contribution in [3.8, 4) is 5.75 Å². The summed E-state index contributed by atoms with van der Waals surface area (Å²) in [5, 5.41) is 10.5. The van der Waals surface area contributed by atoms with E-state index in [4.69, 9.17) is 29.0 Å². The van der Waals surface area contributed by atoms with Gasteiger partial charge in [-0.05, 0) is 30.7 Å². The predicted molar refractivity (Wildman–Crippen MR) is 96.2 cm³/mol. The number of guanidine groups is 1. The normalized spacial score (nSPS) is 13.6. The van der Waals surface area contributed by atoms with E-state index in [-0.39, 0.29) is 5.91 Å². The Morgan fingerprint density at radius 3 is 2.38 bits per heavy atom. The van der Waals surface area contributed by atoms with Crippen LogP contribution in [0.3, 0.4) is 0 Å². The van der Waals surface area contributed by atoms with E-state index in [2.05, 4.69) is 9.98 Å². The van der Waals surface area contributed by atoms with Gasteiger partial charge in [-0.3, -0.25) is 13.9 Å². The number of nitrogens with one attached hydrogen (secondary N) is 1. The van der Waals surface area contributed by atoms with Crippen LogP contribution in [0.2, 0.25) is 0 Å². The van der Waals surface area contributed by atoms with Crippen LogP contribution in [0.25, 0.3) is 10.9 Å². The number of benzene rings is 1. The number of aromatic nitrogens is 1. The second-order valence-corrected chi connectivity index (χ2v) is 6.12. The smallest absolute Gasteiger partial charge is 0.394 e. The molecule has 0 saturated heterocycles. The molecule has 12 heteroatoms. The molecule has 0 atom stereocenters. The van der Waals surface area contributed by atoms with E-state index < -0.39 is 10.4 Å². The number of amides is 1. The van der Waals surface area contributed by atoms with E-state index >= 15 is 0 Å². The Bertz CT molecular complexity index is 884. The van der Waals surface area contributed by atoms with Gasteiger partial charge in [0.15, 0.2) is 5.96 Å². The van der Waals surface area contributed by atoms with Crippen LogP contribution >= 0.6 is 0 Å². The molecule has 0 radical (unpaired) electrons. The topological polar surface area (TPSA) is 195 Å². The number of aliphatic imine (C=N–C) groups is 1. The third-order valence-corrected chi connectivity index (χ3v) is 3.18. The number of hydrogen-bond donors (Lipinski definition) is 6. The van der Waals surface area contributed by atoms with Crippen molar-refractivity contribution < 1.29 is 27.4 Å². The lowest BCUT2D eigenvalue weighted by Crippen LogP contribution is -2.29. The fourth-order valence-corrected chi connectivity index (χ4v) is 2.12. The van der Waals surface area contributed by atoms with Crippen molar-refractivity contribution in [3.05, 3.63) is 30.0 Å². The summed E-state index contributed by atoms with van der Waals surface area (Å²) in [6.07, 6.45) is 2.69. The largest absolute Gasteiger partial charge is 0.507 e. The van der Waals surface area contributed by atoms with Gasteiger partial charge in [-0.25, -0.2) is 0 Å². The Morgan fingerprint density at radius 1 is 1.35 bits per heavy atom. The van der Waals surface area contributed by atoms with E-state index in [0.29, 0.717) is 24.8 Å². The van der Waals surface area contributed by atoms with Gasteiger partial charge in [0, 0.05) is 24.1 Å². The van der Waals surface area contributed by atoms with Crippen molar-refractivity contribution in [3.63, 3.8) is 0 Å². The van der Waals surface area contributed by atoms with Crippen molar-refractivity contribution in [2.45, 2.75) is 6.42 Å². The summed E-state index contributed by atoms with van der Waals surface area (Å²) in [4.78, 5) is 18.5. The number of phenolic OH excluding ortho intramolecular Hbond substituents is 1. The Labute approximate surface area is 149 Å². The Kier molecular flexibility index (Phi) is 7.52. The molecule has 144 valence electrons. The quantitative estimate of drug-likeness (QED) is 0.368. The van der Waals surface area contributed by atoms with E-state index in [9.17, 15) is 9.90 Å². The van der Waals surface area contributed by atoms with Crippen LogP contribution in [0.4, 0.5) is 0 Å². The molecule has 2 aromatic rings. The third-order valence-electron chi connectivity index (χ3n) is 3.18. The van der Waals surface area contributed by atoms with Crippen molar-refractivity contribution in [2.75, 3.05) is 20.1 Å². The third kappa shape index (κ3) is 7.06. The molecule has 0 unspecified atom stereocenters. The number of aromatic hydroxyl groups is 1. The van der Waals surface area contributed by atoms with Crippen molar-refractivity contribution in [1.29, 1.82) is 0 Å². The van der Waals surface area contributed by atoms with Gasteiger partial charge in [-0.1, -0.05) is 6.07 Å². The summed E-state index contributed by atoms with van der Waals surface area (Å²) < 4.78 is 31.6. The molecule has 0 bridgehead atoms. The highest BCUT2D eigenvalue weighted by Gasteiger charge is 2.15. The standard InChI is InChI=1S/C10H12N2O.C4H7N3O.H2O4S/c11-5-4-7-6-12-8-2-1-3-9(13)10(7)8;1-7-2-3(8)6-4(7)5;1-5(2,3)4/h1-3,6,12-13H,4-5,11H2;2H2,1H3,(H2,5,6,8);(H2,1,2,3,4). The summed E-state index contributed by atoms with van der Waals surface area (Å²) in [6.45, 7) is 0.924. The van der Waals surface area contributed by atoms with Crippen LogP contribution in [-0.4, -0.2) is 64.5 Å². The summed E-state index contributed by atoms with van der Waals surface area (Å²) >= 11 is 0. The van der Waals surface area contributed by atoms with Crippen molar-refractivity contribution in [2.24, 2.45) is 16.5 Å². The maximum absolute atomic E-state index is 10.4. The number of phenols is 1. The summed E-state index contributed by atoms with van der Waals surface area (Å²) in [7, 11) is -2.94. The molecule has 8 N–H and O–H groups in total.